The van der Waals surface area contributed by atoms with Crippen molar-refractivity contribution < 1.29 is 28.7 Å². The molecule has 0 saturated heterocycles. The van der Waals surface area contributed by atoms with E-state index in [0.29, 0.717) is 11.3 Å². The van der Waals surface area contributed by atoms with Gasteiger partial charge in [-0.15, -0.1) is 11.3 Å². The summed E-state index contributed by atoms with van der Waals surface area (Å²) in [5, 5.41) is 5.60. The molecule has 2 aromatic carbocycles. The lowest BCUT2D eigenvalue weighted by atomic mass is 10.1. The van der Waals surface area contributed by atoms with E-state index in [-0.39, 0.29) is 33.2 Å². The first-order valence-corrected chi connectivity index (χ1v) is 12.8. The van der Waals surface area contributed by atoms with Gasteiger partial charge in [0.2, 0.25) is 5.91 Å². The number of thiophene rings is 1. The molecule has 1 aliphatic rings. The first-order chi connectivity index (χ1) is 18.0. The van der Waals surface area contributed by atoms with Gasteiger partial charge in [-0.25, -0.2) is 4.79 Å². The SMILES string of the molecule is CCOC(=O)c1c(NC(=O)C(C)N2C(=O)c3ccccc3C2=O)sc(C(=O)Nc2ccc(C)cc2C)c1C. The summed E-state index contributed by atoms with van der Waals surface area (Å²) in [5.74, 6) is -2.98. The van der Waals surface area contributed by atoms with Crippen LogP contribution in [0, 0.1) is 20.8 Å². The van der Waals surface area contributed by atoms with Crippen LogP contribution in [0.4, 0.5) is 10.7 Å². The number of fused-ring (bicyclic) bond motifs is 1. The monoisotopic (exact) mass is 533 g/mol. The van der Waals surface area contributed by atoms with Crippen molar-refractivity contribution in [1.29, 1.82) is 0 Å². The number of nitrogens with zero attached hydrogens (tertiary/aromatic N) is 1. The van der Waals surface area contributed by atoms with E-state index in [1.807, 2.05) is 26.0 Å². The number of esters is 1. The number of anilines is 2. The number of benzene rings is 2. The third-order valence-electron chi connectivity index (χ3n) is 6.29. The summed E-state index contributed by atoms with van der Waals surface area (Å²) in [4.78, 5) is 66.0. The summed E-state index contributed by atoms with van der Waals surface area (Å²) in [7, 11) is 0. The zero-order valence-corrected chi connectivity index (χ0v) is 22.4. The van der Waals surface area contributed by atoms with Crippen molar-refractivity contribution in [3.63, 3.8) is 0 Å². The van der Waals surface area contributed by atoms with E-state index in [2.05, 4.69) is 10.6 Å². The molecule has 10 heteroatoms. The highest BCUT2D eigenvalue weighted by molar-refractivity contribution is 7.19. The number of ether oxygens (including phenoxy) is 1. The number of hydrogen-bond acceptors (Lipinski definition) is 7. The summed E-state index contributed by atoms with van der Waals surface area (Å²) in [6.45, 7) is 8.59. The summed E-state index contributed by atoms with van der Waals surface area (Å²) in [5.41, 5.74) is 3.39. The molecule has 0 saturated carbocycles. The Morgan fingerprint density at radius 3 is 2.18 bits per heavy atom. The normalized spacial score (nSPS) is 13.2. The van der Waals surface area contributed by atoms with Crippen LogP contribution >= 0.6 is 11.3 Å². The molecule has 3 aromatic rings. The molecule has 0 aliphatic carbocycles. The molecule has 196 valence electrons. The number of amides is 4. The minimum atomic E-state index is -1.17. The quantitative estimate of drug-likeness (QED) is 0.335. The van der Waals surface area contributed by atoms with E-state index in [1.165, 1.54) is 19.1 Å². The van der Waals surface area contributed by atoms with Gasteiger partial charge < -0.3 is 15.4 Å². The molecule has 38 heavy (non-hydrogen) atoms. The lowest BCUT2D eigenvalue weighted by Crippen LogP contribution is -2.45. The number of carbonyl (C=O) groups is 5. The second-order valence-corrected chi connectivity index (χ2v) is 9.97. The van der Waals surface area contributed by atoms with Gasteiger partial charge in [0.15, 0.2) is 0 Å². The fourth-order valence-corrected chi connectivity index (χ4v) is 5.39. The molecular formula is C28H27N3O6S. The van der Waals surface area contributed by atoms with Crippen molar-refractivity contribution in [2.45, 2.75) is 40.7 Å². The Kier molecular flexibility index (Phi) is 7.45. The number of carbonyl (C=O) groups excluding carboxylic acids is 5. The standard InChI is InChI=1S/C28H27N3O6S/c1-6-37-28(36)21-16(4)22(24(33)29-20-12-11-14(2)13-15(20)3)38-25(21)30-23(32)17(5)31-26(34)18-9-7-8-10-19(18)27(31)35/h7-13,17H,6H2,1-5H3,(H,29,33)(H,30,32). The second-order valence-electron chi connectivity index (χ2n) is 8.94. The van der Waals surface area contributed by atoms with Crippen LogP contribution in [0.1, 0.15) is 71.3 Å². The third kappa shape index (κ3) is 4.82. The van der Waals surface area contributed by atoms with E-state index in [1.54, 1.807) is 32.0 Å². The first-order valence-electron chi connectivity index (χ1n) is 12.0. The highest BCUT2D eigenvalue weighted by Gasteiger charge is 2.41. The molecule has 4 rings (SSSR count). The molecule has 1 atom stereocenters. The van der Waals surface area contributed by atoms with Crippen molar-refractivity contribution in [2.24, 2.45) is 0 Å². The Morgan fingerprint density at radius 1 is 0.974 bits per heavy atom. The van der Waals surface area contributed by atoms with Gasteiger partial charge in [-0.05, 0) is 63.9 Å². The Balaban J connectivity index is 1.62. The average Bonchev–Trinajstić information content (AvgIpc) is 3.33. The van der Waals surface area contributed by atoms with Crippen LogP contribution in [0.5, 0.6) is 0 Å². The zero-order chi connectivity index (χ0) is 27.7. The molecule has 1 unspecified atom stereocenters. The maximum absolute atomic E-state index is 13.2. The number of nitrogens with one attached hydrogen (secondary N) is 2. The summed E-state index contributed by atoms with van der Waals surface area (Å²) >= 11 is 0.921. The van der Waals surface area contributed by atoms with Gasteiger partial charge in [0.1, 0.15) is 11.0 Å². The van der Waals surface area contributed by atoms with Crippen LogP contribution in [-0.2, 0) is 9.53 Å². The van der Waals surface area contributed by atoms with Crippen molar-refractivity contribution >= 4 is 51.6 Å². The van der Waals surface area contributed by atoms with Gasteiger partial charge in [-0.2, -0.15) is 0 Å². The van der Waals surface area contributed by atoms with Crippen LogP contribution in [0.2, 0.25) is 0 Å². The molecule has 0 radical (unpaired) electrons. The molecule has 4 amide bonds. The van der Waals surface area contributed by atoms with E-state index in [4.69, 9.17) is 4.74 Å². The minimum Gasteiger partial charge on any atom is -0.462 e. The van der Waals surface area contributed by atoms with Gasteiger partial charge in [0.25, 0.3) is 17.7 Å². The lowest BCUT2D eigenvalue weighted by Gasteiger charge is -2.21. The highest BCUT2D eigenvalue weighted by atomic mass is 32.1. The second kappa shape index (κ2) is 10.6. The Labute approximate surface area is 223 Å². The van der Waals surface area contributed by atoms with Crippen molar-refractivity contribution in [1.82, 2.24) is 4.90 Å². The number of aryl methyl sites for hydroxylation is 2. The van der Waals surface area contributed by atoms with E-state index >= 15 is 0 Å². The van der Waals surface area contributed by atoms with Gasteiger partial charge in [-0.1, -0.05) is 29.8 Å². The summed E-state index contributed by atoms with van der Waals surface area (Å²) in [6, 6.07) is 10.8. The van der Waals surface area contributed by atoms with Gasteiger partial charge in [-0.3, -0.25) is 24.1 Å². The Bertz CT molecular complexity index is 1460. The van der Waals surface area contributed by atoms with Crippen LogP contribution < -0.4 is 10.6 Å². The van der Waals surface area contributed by atoms with Crippen LogP contribution in [0.3, 0.4) is 0 Å². The van der Waals surface area contributed by atoms with Gasteiger partial charge >= 0.3 is 5.97 Å². The van der Waals surface area contributed by atoms with E-state index in [0.717, 1.165) is 27.4 Å². The lowest BCUT2D eigenvalue weighted by molar-refractivity contribution is -0.119. The molecular weight excluding hydrogens is 506 g/mol. The molecule has 1 aromatic heterocycles. The predicted molar refractivity (Wildman–Crippen MR) is 144 cm³/mol. The molecule has 2 N–H and O–H groups in total. The van der Waals surface area contributed by atoms with Gasteiger partial charge in [0, 0.05) is 5.69 Å². The van der Waals surface area contributed by atoms with Crippen LogP contribution in [0.25, 0.3) is 0 Å². The molecule has 9 nitrogen and oxygen atoms in total. The maximum atomic E-state index is 13.2. The largest absolute Gasteiger partial charge is 0.462 e. The van der Waals surface area contributed by atoms with Crippen molar-refractivity contribution in [2.75, 3.05) is 17.2 Å². The Morgan fingerprint density at radius 2 is 1.61 bits per heavy atom. The summed E-state index contributed by atoms with van der Waals surface area (Å²) < 4.78 is 5.18. The molecule has 2 heterocycles. The number of rotatable bonds is 7. The molecule has 0 spiro atoms. The van der Waals surface area contributed by atoms with Crippen LogP contribution in [-0.4, -0.2) is 47.1 Å². The molecule has 0 bridgehead atoms. The van der Waals surface area contributed by atoms with Crippen molar-refractivity contribution in [3.8, 4) is 0 Å². The number of imide groups is 1. The summed E-state index contributed by atoms with van der Waals surface area (Å²) in [6.07, 6.45) is 0. The number of hydrogen-bond donors (Lipinski definition) is 2. The smallest absolute Gasteiger partial charge is 0.341 e. The minimum absolute atomic E-state index is 0.0468. The third-order valence-corrected chi connectivity index (χ3v) is 7.50. The van der Waals surface area contributed by atoms with Crippen LogP contribution in [0.15, 0.2) is 42.5 Å². The van der Waals surface area contributed by atoms with Gasteiger partial charge in [0.05, 0.1) is 28.2 Å². The fraction of sp³-hybridized carbons (Fsp3) is 0.250. The molecule has 1 aliphatic heterocycles. The highest BCUT2D eigenvalue weighted by Crippen LogP contribution is 2.35. The predicted octanol–water partition coefficient (Wildman–Crippen LogP) is 4.73. The molecule has 0 fully saturated rings. The van der Waals surface area contributed by atoms with E-state index < -0.39 is 35.6 Å². The van der Waals surface area contributed by atoms with E-state index in [9.17, 15) is 24.0 Å². The fourth-order valence-electron chi connectivity index (χ4n) is 4.29. The van der Waals surface area contributed by atoms with Crippen molar-refractivity contribution in [3.05, 3.63) is 80.7 Å². The maximum Gasteiger partial charge on any atom is 0.341 e. The first kappa shape index (κ1) is 26.7. The average molecular weight is 534 g/mol. The Hall–Kier alpha value is -4.31. The topological polar surface area (TPSA) is 122 Å². The zero-order valence-electron chi connectivity index (χ0n) is 21.6.